The Balaban J connectivity index is 2.91. The average Bonchev–Trinajstić information content (AvgIpc) is 2.41. The first-order chi connectivity index (χ1) is 9.97. The molecule has 0 fully saturated rings. The van der Waals surface area contributed by atoms with Crippen LogP contribution in [0.25, 0.3) is 0 Å². The van der Waals surface area contributed by atoms with Crippen molar-refractivity contribution in [1.82, 2.24) is 4.90 Å². The van der Waals surface area contributed by atoms with Crippen LogP contribution in [0.2, 0.25) is 0 Å². The molecule has 21 heavy (non-hydrogen) atoms. The minimum absolute atomic E-state index is 0.0121. The summed E-state index contributed by atoms with van der Waals surface area (Å²) in [6.07, 6.45) is 1.43. The number of urea groups is 1. The predicted molar refractivity (Wildman–Crippen MR) is 70.9 cm³/mol. The third kappa shape index (κ3) is 5.35. The van der Waals surface area contributed by atoms with Crippen molar-refractivity contribution in [3.63, 3.8) is 0 Å². The van der Waals surface area contributed by atoms with Gasteiger partial charge in [0, 0.05) is 19.2 Å². The number of hydrogen-bond donors (Lipinski definition) is 2. The Morgan fingerprint density at radius 2 is 2.24 bits per heavy atom. The van der Waals surface area contributed by atoms with Gasteiger partial charge in [0.25, 0.3) is 0 Å². The van der Waals surface area contributed by atoms with Gasteiger partial charge in [0.15, 0.2) is 0 Å². The van der Waals surface area contributed by atoms with Crippen molar-refractivity contribution >= 4 is 11.7 Å². The maximum atomic E-state index is 13.2. The first-order valence-corrected chi connectivity index (χ1v) is 6.00. The number of aliphatic hydroxyl groups excluding tert-OH is 1. The standard InChI is InChI=1S/C13H15F3N2O3/c1-2-5-18(6-7-19)13(20)17-10-8-9(14)3-4-11(10)21-12(15)16/h2-4,8,12,19H,1,5-7H2,(H,17,20). The van der Waals surface area contributed by atoms with Gasteiger partial charge in [0.05, 0.1) is 12.3 Å². The van der Waals surface area contributed by atoms with Crippen LogP contribution in [0.4, 0.5) is 23.7 Å². The molecule has 0 aliphatic rings. The van der Waals surface area contributed by atoms with Crippen LogP contribution in [-0.4, -0.2) is 42.3 Å². The number of alkyl halides is 2. The van der Waals surface area contributed by atoms with Gasteiger partial charge in [0.1, 0.15) is 11.6 Å². The summed E-state index contributed by atoms with van der Waals surface area (Å²) in [6, 6.07) is 2.08. The van der Waals surface area contributed by atoms with Crippen LogP contribution in [0.15, 0.2) is 30.9 Å². The highest BCUT2D eigenvalue weighted by molar-refractivity contribution is 5.91. The molecule has 0 aliphatic carbocycles. The lowest BCUT2D eigenvalue weighted by atomic mass is 10.3. The van der Waals surface area contributed by atoms with E-state index in [1.165, 1.54) is 11.0 Å². The second-order valence-electron chi connectivity index (χ2n) is 3.91. The zero-order chi connectivity index (χ0) is 15.8. The van der Waals surface area contributed by atoms with Gasteiger partial charge < -0.3 is 20.1 Å². The molecule has 0 saturated heterocycles. The molecule has 2 N–H and O–H groups in total. The zero-order valence-corrected chi connectivity index (χ0v) is 11.1. The number of benzene rings is 1. The second-order valence-corrected chi connectivity index (χ2v) is 3.91. The Labute approximate surface area is 119 Å². The highest BCUT2D eigenvalue weighted by Gasteiger charge is 2.16. The van der Waals surface area contributed by atoms with Crippen LogP contribution in [0.1, 0.15) is 0 Å². The van der Waals surface area contributed by atoms with E-state index in [9.17, 15) is 18.0 Å². The number of halogens is 3. The Kier molecular flexibility index (Phi) is 6.54. The number of hydrogen-bond acceptors (Lipinski definition) is 3. The van der Waals surface area contributed by atoms with Crippen LogP contribution in [0, 0.1) is 5.82 Å². The molecule has 0 bridgehead atoms. The summed E-state index contributed by atoms with van der Waals surface area (Å²) < 4.78 is 41.9. The van der Waals surface area contributed by atoms with Gasteiger partial charge in [-0.2, -0.15) is 8.78 Å². The molecule has 0 saturated carbocycles. The van der Waals surface area contributed by atoms with E-state index in [4.69, 9.17) is 5.11 Å². The normalized spacial score (nSPS) is 10.3. The fourth-order valence-corrected chi connectivity index (χ4v) is 1.55. The second kappa shape index (κ2) is 8.15. The number of amides is 2. The van der Waals surface area contributed by atoms with Gasteiger partial charge in [-0.05, 0) is 12.1 Å². The Bertz CT molecular complexity index is 498. The fraction of sp³-hybridized carbons (Fsp3) is 0.308. The van der Waals surface area contributed by atoms with E-state index in [-0.39, 0.29) is 31.1 Å². The van der Waals surface area contributed by atoms with E-state index < -0.39 is 18.5 Å². The third-order valence-electron chi connectivity index (χ3n) is 2.41. The summed E-state index contributed by atoms with van der Waals surface area (Å²) in [5, 5.41) is 11.1. The molecule has 0 aliphatic heterocycles. The maximum Gasteiger partial charge on any atom is 0.387 e. The van der Waals surface area contributed by atoms with Crippen LogP contribution in [-0.2, 0) is 0 Å². The number of ether oxygens (including phenoxy) is 1. The highest BCUT2D eigenvalue weighted by atomic mass is 19.3. The molecule has 2 amide bonds. The number of rotatable bonds is 7. The predicted octanol–water partition coefficient (Wildman–Crippen LogP) is 2.44. The lowest BCUT2D eigenvalue weighted by Gasteiger charge is -2.21. The topological polar surface area (TPSA) is 61.8 Å². The first-order valence-electron chi connectivity index (χ1n) is 6.00. The van der Waals surface area contributed by atoms with Crippen molar-refractivity contribution in [2.24, 2.45) is 0 Å². The molecule has 8 heteroatoms. The molecule has 0 radical (unpaired) electrons. The molecule has 5 nitrogen and oxygen atoms in total. The first kappa shape index (κ1) is 16.8. The molecular formula is C13H15F3N2O3. The molecule has 0 aromatic heterocycles. The van der Waals surface area contributed by atoms with Crippen LogP contribution < -0.4 is 10.1 Å². The third-order valence-corrected chi connectivity index (χ3v) is 2.41. The molecule has 0 unspecified atom stereocenters. The molecular weight excluding hydrogens is 289 g/mol. The largest absolute Gasteiger partial charge is 0.433 e. The molecule has 1 aromatic rings. The van der Waals surface area contributed by atoms with Crippen LogP contribution in [0.5, 0.6) is 5.75 Å². The summed E-state index contributed by atoms with van der Waals surface area (Å²) >= 11 is 0. The number of carbonyl (C=O) groups is 1. The Hall–Kier alpha value is -2.22. The van der Waals surface area contributed by atoms with E-state index in [1.807, 2.05) is 0 Å². The number of nitrogens with zero attached hydrogens (tertiary/aromatic N) is 1. The number of carbonyl (C=O) groups excluding carboxylic acids is 1. The monoisotopic (exact) mass is 304 g/mol. The van der Waals surface area contributed by atoms with Crippen molar-refractivity contribution in [1.29, 1.82) is 0 Å². The van der Waals surface area contributed by atoms with Gasteiger partial charge in [-0.15, -0.1) is 6.58 Å². The minimum Gasteiger partial charge on any atom is -0.433 e. The Morgan fingerprint density at radius 3 is 2.81 bits per heavy atom. The summed E-state index contributed by atoms with van der Waals surface area (Å²) in [6.45, 7) is 0.209. The SMILES string of the molecule is C=CCN(CCO)C(=O)Nc1cc(F)ccc1OC(F)F. The van der Waals surface area contributed by atoms with Gasteiger partial charge in [0.2, 0.25) is 0 Å². The lowest BCUT2D eigenvalue weighted by Crippen LogP contribution is -2.37. The highest BCUT2D eigenvalue weighted by Crippen LogP contribution is 2.27. The summed E-state index contributed by atoms with van der Waals surface area (Å²) in [5.74, 6) is -1.08. The van der Waals surface area contributed by atoms with Crippen molar-refractivity contribution in [2.75, 3.05) is 25.0 Å². The van der Waals surface area contributed by atoms with E-state index in [2.05, 4.69) is 16.6 Å². The van der Waals surface area contributed by atoms with Gasteiger partial charge in [-0.25, -0.2) is 9.18 Å². The number of anilines is 1. The van der Waals surface area contributed by atoms with E-state index in [0.29, 0.717) is 0 Å². The molecule has 1 aromatic carbocycles. The van der Waals surface area contributed by atoms with Crippen LogP contribution >= 0.6 is 0 Å². The van der Waals surface area contributed by atoms with E-state index in [0.717, 1.165) is 18.2 Å². The lowest BCUT2D eigenvalue weighted by molar-refractivity contribution is -0.0494. The number of aliphatic hydroxyl groups is 1. The molecule has 0 heterocycles. The van der Waals surface area contributed by atoms with Crippen molar-refractivity contribution in [3.8, 4) is 5.75 Å². The van der Waals surface area contributed by atoms with Gasteiger partial charge in [-0.1, -0.05) is 6.08 Å². The zero-order valence-electron chi connectivity index (χ0n) is 11.1. The van der Waals surface area contributed by atoms with Gasteiger partial charge in [-0.3, -0.25) is 0 Å². The molecule has 0 atom stereocenters. The summed E-state index contributed by atoms with van der Waals surface area (Å²) in [4.78, 5) is 13.1. The van der Waals surface area contributed by atoms with E-state index >= 15 is 0 Å². The Morgan fingerprint density at radius 1 is 1.52 bits per heavy atom. The molecule has 116 valence electrons. The molecule has 0 spiro atoms. The number of nitrogens with one attached hydrogen (secondary N) is 1. The van der Waals surface area contributed by atoms with E-state index in [1.54, 1.807) is 0 Å². The summed E-state index contributed by atoms with van der Waals surface area (Å²) in [5.41, 5.74) is -0.229. The van der Waals surface area contributed by atoms with Crippen molar-refractivity contribution < 1.29 is 27.8 Å². The fourth-order valence-electron chi connectivity index (χ4n) is 1.55. The maximum absolute atomic E-state index is 13.2. The minimum atomic E-state index is -3.10. The van der Waals surface area contributed by atoms with Gasteiger partial charge >= 0.3 is 12.6 Å². The van der Waals surface area contributed by atoms with Crippen molar-refractivity contribution in [3.05, 3.63) is 36.7 Å². The smallest absolute Gasteiger partial charge is 0.387 e. The van der Waals surface area contributed by atoms with Crippen molar-refractivity contribution in [2.45, 2.75) is 6.61 Å². The molecule has 1 rings (SSSR count). The van der Waals surface area contributed by atoms with Crippen LogP contribution in [0.3, 0.4) is 0 Å². The quantitative estimate of drug-likeness (QED) is 0.761. The summed E-state index contributed by atoms with van der Waals surface area (Å²) in [7, 11) is 0. The average molecular weight is 304 g/mol.